The van der Waals surface area contributed by atoms with Gasteiger partial charge in [0.25, 0.3) is 0 Å². The fourth-order valence-corrected chi connectivity index (χ4v) is 1.69. The Morgan fingerprint density at radius 1 is 1.35 bits per heavy atom. The molecule has 0 aliphatic heterocycles. The second kappa shape index (κ2) is 6.51. The lowest BCUT2D eigenvalue weighted by atomic mass is 9.97. The van der Waals surface area contributed by atoms with E-state index in [9.17, 15) is 15.0 Å². The standard InChI is InChI=1S/C15H19NO4/c1-15(2,3)20-14(19)11-7-5-4-6-10(11)13(18)12(17)8-9-16/h4-7,12-13,17-18H,8H2,1-3H3. The van der Waals surface area contributed by atoms with Gasteiger partial charge in [-0.3, -0.25) is 0 Å². The van der Waals surface area contributed by atoms with Crippen LogP contribution in [0.4, 0.5) is 0 Å². The Hall–Kier alpha value is -1.90. The Balaban J connectivity index is 3.05. The second-order valence-corrected chi connectivity index (χ2v) is 5.46. The van der Waals surface area contributed by atoms with Crippen LogP contribution in [0.2, 0.25) is 0 Å². The molecule has 0 bridgehead atoms. The van der Waals surface area contributed by atoms with Crippen LogP contribution < -0.4 is 0 Å². The Kier molecular flexibility index (Phi) is 5.26. The molecule has 0 saturated heterocycles. The van der Waals surface area contributed by atoms with E-state index in [1.54, 1.807) is 39.0 Å². The topological polar surface area (TPSA) is 90.6 Å². The molecule has 0 amide bonds. The largest absolute Gasteiger partial charge is 0.456 e. The van der Waals surface area contributed by atoms with Gasteiger partial charge in [0.1, 0.15) is 11.7 Å². The van der Waals surface area contributed by atoms with Crippen molar-refractivity contribution < 1.29 is 19.7 Å². The molecule has 1 aromatic carbocycles. The zero-order chi connectivity index (χ0) is 15.3. The first kappa shape index (κ1) is 16.2. The van der Waals surface area contributed by atoms with Crippen molar-refractivity contribution in [2.75, 3.05) is 0 Å². The first-order valence-electron chi connectivity index (χ1n) is 6.31. The first-order chi connectivity index (χ1) is 9.26. The fraction of sp³-hybridized carbons (Fsp3) is 0.467. The molecule has 5 nitrogen and oxygen atoms in total. The number of esters is 1. The van der Waals surface area contributed by atoms with E-state index in [0.717, 1.165) is 0 Å². The lowest BCUT2D eigenvalue weighted by molar-refractivity contribution is 0.00374. The highest BCUT2D eigenvalue weighted by atomic mass is 16.6. The molecule has 2 N–H and O–H groups in total. The molecule has 20 heavy (non-hydrogen) atoms. The smallest absolute Gasteiger partial charge is 0.339 e. The molecule has 0 heterocycles. The minimum atomic E-state index is -1.31. The normalized spacial score (nSPS) is 14.2. The minimum Gasteiger partial charge on any atom is -0.456 e. The summed E-state index contributed by atoms with van der Waals surface area (Å²) in [6.07, 6.45) is -2.77. The highest BCUT2D eigenvalue weighted by Crippen LogP contribution is 2.24. The van der Waals surface area contributed by atoms with Gasteiger partial charge in [0.2, 0.25) is 0 Å². The van der Waals surface area contributed by atoms with Crippen molar-refractivity contribution in [1.82, 2.24) is 0 Å². The lowest BCUT2D eigenvalue weighted by Gasteiger charge is -2.22. The van der Waals surface area contributed by atoms with Crippen LogP contribution in [0.25, 0.3) is 0 Å². The van der Waals surface area contributed by atoms with Crippen LogP contribution in [-0.2, 0) is 4.74 Å². The number of aliphatic hydroxyl groups is 2. The predicted molar refractivity (Wildman–Crippen MR) is 72.8 cm³/mol. The third-order valence-electron chi connectivity index (χ3n) is 2.56. The summed E-state index contributed by atoms with van der Waals surface area (Å²) in [5.74, 6) is -0.573. The summed E-state index contributed by atoms with van der Waals surface area (Å²) in [5, 5.41) is 28.3. The monoisotopic (exact) mass is 277 g/mol. The van der Waals surface area contributed by atoms with Crippen molar-refractivity contribution in [3.8, 4) is 6.07 Å². The Labute approximate surface area is 118 Å². The Bertz CT molecular complexity index is 513. The molecule has 1 rings (SSSR count). The van der Waals surface area contributed by atoms with E-state index in [2.05, 4.69) is 0 Å². The molecular formula is C15H19NO4. The fourth-order valence-electron chi connectivity index (χ4n) is 1.69. The van der Waals surface area contributed by atoms with Gasteiger partial charge in [-0.05, 0) is 32.4 Å². The van der Waals surface area contributed by atoms with E-state index in [4.69, 9.17) is 10.00 Å². The van der Waals surface area contributed by atoms with Gasteiger partial charge in [-0.25, -0.2) is 4.79 Å². The van der Waals surface area contributed by atoms with Gasteiger partial charge in [0.05, 0.1) is 24.2 Å². The first-order valence-corrected chi connectivity index (χ1v) is 6.31. The van der Waals surface area contributed by atoms with Crippen LogP contribution in [0, 0.1) is 11.3 Å². The van der Waals surface area contributed by atoms with Crippen molar-refractivity contribution in [2.24, 2.45) is 0 Å². The molecule has 0 spiro atoms. The summed E-state index contributed by atoms with van der Waals surface area (Å²) in [4.78, 5) is 12.1. The number of carbonyl (C=O) groups is 1. The molecule has 108 valence electrons. The van der Waals surface area contributed by atoms with Crippen molar-refractivity contribution >= 4 is 5.97 Å². The Morgan fingerprint density at radius 2 is 1.95 bits per heavy atom. The van der Waals surface area contributed by atoms with E-state index in [0.29, 0.717) is 0 Å². The number of nitriles is 1. The summed E-state index contributed by atoms with van der Waals surface area (Å²) in [6, 6.07) is 8.12. The number of carbonyl (C=O) groups excluding carboxylic acids is 1. The second-order valence-electron chi connectivity index (χ2n) is 5.46. The number of rotatable bonds is 4. The minimum absolute atomic E-state index is 0.187. The summed E-state index contributed by atoms with van der Waals surface area (Å²) >= 11 is 0. The lowest BCUT2D eigenvalue weighted by Crippen LogP contribution is -2.26. The van der Waals surface area contributed by atoms with Gasteiger partial charge >= 0.3 is 5.97 Å². The van der Waals surface area contributed by atoms with Gasteiger partial charge < -0.3 is 14.9 Å². The predicted octanol–water partition coefficient (Wildman–Crippen LogP) is 1.95. The maximum Gasteiger partial charge on any atom is 0.339 e. The van der Waals surface area contributed by atoms with Crippen LogP contribution in [-0.4, -0.2) is 27.9 Å². The average Bonchev–Trinajstić information content (AvgIpc) is 2.36. The quantitative estimate of drug-likeness (QED) is 0.821. The highest BCUT2D eigenvalue weighted by molar-refractivity contribution is 5.91. The SMILES string of the molecule is CC(C)(C)OC(=O)c1ccccc1C(O)C(O)CC#N. The molecule has 2 unspecified atom stereocenters. The van der Waals surface area contributed by atoms with Gasteiger partial charge in [0, 0.05) is 0 Å². The molecule has 2 atom stereocenters. The maximum absolute atomic E-state index is 12.1. The summed E-state index contributed by atoms with van der Waals surface area (Å²) in [5.41, 5.74) is -0.211. The molecule has 5 heteroatoms. The number of hydrogen-bond donors (Lipinski definition) is 2. The van der Waals surface area contributed by atoms with Crippen LogP contribution >= 0.6 is 0 Å². The number of aliphatic hydroxyl groups excluding tert-OH is 2. The van der Waals surface area contributed by atoms with Crippen LogP contribution in [0.1, 0.15) is 49.2 Å². The van der Waals surface area contributed by atoms with Gasteiger partial charge in [-0.15, -0.1) is 0 Å². The van der Waals surface area contributed by atoms with Crippen LogP contribution in [0.5, 0.6) is 0 Å². The molecule has 0 radical (unpaired) electrons. The van der Waals surface area contributed by atoms with Gasteiger partial charge in [0.15, 0.2) is 0 Å². The number of ether oxygens (including phenoxy) is 1. The zero-order valence-electron chi connectivity index (χ0n) is 11.8. The molecule has 1 aromatic rings. The third-order valence-corrected chi connectivity index (χ3v) is 2.56. The molecular weight excluding hydrogens is 258 g/mol. The maximum atomic E-state index is 12.1. The highest BCUT2D eigenvalue weighted by Gasteiger charge is 2.26. The van der Waals surface area contributed by atoms with E-state index < -0.39 is 23.8 Å². The molecule has 0 aromatic heterocycles. The summed E-state index contributed by atoms with van der Waals surface area (Å²) in [6.45, 7) is 5.23. The zero-order valence-corrected chi connectivity index (χ0v) is 11.8. The molecule has 0 saturated carbocycles. The van der Waals surface area contributed by atoms with E-state index in [1.165, 1.54) is 12.1 Å². The van der Waals surface area contributed by atoms with Crippen molar-refractivity contribution in [2.45, 2.75) is 45.0 Å². The van der Waals surface area contributed by atoms with E-state index in [-0.39, 0.29) is 17.5 Å². The Morgan fingerprint density at radius 3 is 2.50 bits per heavy atom. The average molecular weight is 277 g/mol. The molecule has 0 fully saturated rings. The van der Waals surface area contributed by atoms with E-state index >= 15 is 0 Å². The van der Waals surface area contributed by atoms with E-state index in [1.807, 2.05) is 0 Å². The van der Waals surface area contributed by atoms with Crippen molar-refractivity contribution in [3.63, 3.8) is 0 Å². The number of benzene rings is 1. The number of hydrogen-bond acceptors (Lipinski definition) is 5. The van der Waals surface area contributed by atoms with Gasteiger partial charge in [-0.1, -0.05) is 18.2 Å². The third kappa shape index (κ3) is 4.34. The van der Waals surface area contributed by atoms with Crippen molar-refractivity contribution in [1.29, 1.82) is 5.26 Å². The molecule has 0 aliphatic rings. The van der Waals surface area contributed by atoms with Crippen LogP contribution in [0.3, 0.4) is 0 Å². The van der Waals surface area contributed by atoms with Crippen LogP contribution in [0.15, 0.2) is 24.3 Å². The summed E-state index contributed by atoms with van der Waals surface area (Å²) in [7, 11) is 0. The van der Waals surface area contributed by atoms with Gasteiger partial charge in [-0.2, -0.15) is 5.26 Å². The molecule has 0 aliphatic carbocycles. The summed E-state index contributed by atoms with van der Waals surface area (Å²) < 4.78 is 5.26. The number of nitrogens with zero attached hydrogens (tertiary/aromatic N) is 1. The van der Waals surface area contributed by atoms with Crippen molar-refractivity contribution in [3.05, 3.63) is 35.4 Å².